The normalized spacial score (nSPS) is 34.9. The molecule has 0 aliphatic carbocycles. The number of nitrogens with one attached hydrogen (secondary N) is 1. The van der Waals surface area contributed by atoms with Gasteiger partial charge in [0.25, 0.3) is 0 Å². The van der Waals surface area contributed by atoms with E-state index in [4.69, 9.17) is 10.5 Å². The lowest BCUT2D eigenvalue weighted by Gasteiger charge is -2.19. The predicted octanol–water partition coefficient (Wildman–Crippen LogP) is -0.425. The summed E-state index contributed by atoms with van der Waals surface area (Å²) in [6, 6.07) is -0.00785. The van der Waals surface area contributed by atoms with E-state index in [0.29, 0.717) is 13.0 Å². The highest BCUT2D eigenvalue weighted by Crippen LogP contribution is 2.34. The maximum absolute atomic E-state index is 11.6. The summed E-state index contributed by atoms with van der Waals surface area (Å²) in [5, 5.41) is 0. The second-order valence-electron chi connectivity index (χ2n) is 4.30. The van der Waals surface area contributed by atoms with Gasteiger partial charge in [-0.15, -0.1) is 0 Å². The number of ether oxygens (including phenoxy) is 1. The fourth-order valence-electron chi connectivity index (χ4n) is 2.32. The van der Waals surface area contributed by atoms with E-state index in [-0.39, 0.29) is 24.0 Å². The SMILES string of the molecule is NCCCS(=O)(=O)NC1CC2CCC1O2. The molecule has 0 saturated carbocycles. The van der Waals surface area contributed by atoms with Crippen LogP contribution in [0.5, 0.6) is 0 Å². The molecule has 0 aromatic heterocycles. The smallest absolute Gasteiger partial charge is 0.211 e. The van der Waals surface area contributed by atoms with E-state index < -0.39 is 10.0 Å². The highest BCUT2D eigenvalue weighted by molar-refractivity contribution is 7.89. The predicted molar refractivity (Wildman–Crippen MR) is 56.9 cm³/mol. The monoisotopic (exact) mass is 234 g/mol. The van der Waals surface area contributed by atoms with Gasteiger partial charge in [-0.1, -0.05) is 0 Å². The molecule has 5 nitrogen and oxygen atoms in total. The second-order valence-corrected chi connectivity index (χ2v) is 6.17. The highest BCUT2D eigenvalue weighted by Gasteiger charge is 2.42. The number of fused-ring (bicyclic) bond motifs is 2. The Kier molecular flexibility index (Phi) is 3.30. The molecule has 6 heteroatoms. The average molecular weight is 234 g/mol. The average Bonchev–Trinajstić information content (AvgIpc) is 2.75. The van der Waals surface area contributed by atoms with Crippen LogP contribution in [0.1, 0.15) is 25.7 Å². The van der Waals surface area contributed by atoms with Crippen molar-refractivity contribution in [2.75, 3.05) is 12.3 Å². The van der Waals surface area contributed by atoms with Crippen LogP contribution in [-0.4, -0.2) is 39.0 Å². The Morgan fingerprint density at radius 1 is 1.40 bits per heavy atom. The van der Waals surface area contributed by atoms with Crippen molar-refractivity contribution in [3.05, 3.63) is 0 Å². The zero-order valence-corrected chi connectivity index (χ0v) is 9.50. The van der Waals surface area contributed by atoms with E-state index >= 15 is 0 Å². The summed E-state index contributed by atoms with van der Waals surface area (Å²) in [5.74, 6) is 0.122. The van der Waals surface area contributed by atoms with Crippen LogP contribution >= 0.6 is 0 Å². The summed E-state index contributed by atoms with van der Waals surface area (Å²) in [6.45, 7) is 0.411. The van der Waals surface area contributed by atoms with Gasteiger partial charge in [0.2, 0.25) is 10.0 Å². The third kappa shape index (κ3) is 2.69. The van der Waals surface area contributed by atoms with Crippen LogP contribution in [-0.2, 0) is 14.8 Å². The Bertz CT molecular complexity index is 317. The maximum atomic E-state index is 11.6. The molecule has 2 fully saturated rings. The van der Waals surface area contributed by atoms with Crippen molar-refractivity contribution in [3.63, 3.8) is 0 Å². The van der Waals surface area contributed by atoms with E-state index in [2.05, 4.69) is 4.72 Å². The number of sulfonamides is 1. The van der Waals surface area contributed by atoms with Gasteiger partial charge in [-0.3, -0.25) is 0 Å². The van der Waals surface area contributed by atoms with Gasteiger partial charge in [-0.25, -0.2) is 13.1 Å². The van der Waals surface area contributed by atoms with Crippen LogP contribution in [0.25, 0.3) is 0 Å². The molecule has 0 spiro atoms. The zero-order valence-electron chi connectivity index (χ0n) is 8.69. The largest absolute Gasteiger partial charge is 0.373 e. The molecular formula is C9H18N2O3S. The molecule has 3 atom stereocenters. The summed E-state index contributed by atoms with van der Waals surface area (Å²) >= 11 is 0. The van der Waals surface area contributed by atoms with E-state index in [1.54, 1.807) is 0 Å². The summed E-state index contributed by atoms with van der Waals surface area (Å²) in [4.78, 5) is 0. The van der Waals surface area contributed by atoms with Gasteiger partial charge in [0.1, 0.15) is 0 Å². The first-order valence-corrected chi connectivity index (χ1v) is 7.11. The zero-order chi connectivity index (χ0) is 10.9. The van der Waals surface area contributed by atoms with Crippen LogP contribution < -0.4 is 10.5 Å². The Labute approximate surface area is 90.4 Å². The van der Waals surface area contributed by atoms with Crippen molar-refractivity contribution in [2.24, 2.45) is 5.73 Å². The van der Waals surface area contributed by atoms with Gasteiger partial charge >= 0.3 is 0 Å². The molecule has 3 N–H and O–H groups in total. The Morgan fingerprint density at radius 2 is 2.20 bits per heavy atom. The summed E-state index contributed by atoms with van der Waals surface area (Å²) in [7, 11) is -3.16. The Balaban J connectivity index is 1.86. The lowest BCUT2D eigenvalue weighted by atomic mass is 9.96. The molecule has 88 valence electrons. The Morgan fingerprint density at radius 3 is 2.73 bits per heavy atom. The number of nitrogens with two attached hydrogens (primary N) is 1. The van der Waals surface area contributed by atoms with Crippen molar-refractivity contribution < 1.29 is 13.2 Å². The fourth-order valence-corrected chi connectivity index (χ4v) is 3.70. The van der Waals surface area contributed by atoms with Crippen molar-refractivity contribution >= 4 is 10.0 Å². The number of hydrogen-bond donors (Lipinski definition) is 2. The van der Waals surface area contributed by atoms with Gasteiger partial charge in [0.05, 0.1) is 24.0 Å². The lowest BCUT2D eigenvalue weighted by Crippen LogP contribution is -2.42. The van der Waals surface area contributed by atoms with Crippen LogP contribution in [0.15, 0.2) is 0 Å². The summed E-state index contributed by atoms with van der Waals surface area (Å²) in [5.41, 5.74) is 5.29. The molecule has 2 rings (SSSR count). The van der Waals surface area contributed by atoms with Crippen LogP contribution in [0.3, 0.4) is 0 Å². The molecule has 2 bridgehead atoms. The molecular weight excluding hydrogens is 216 g/mol. The van der Waals surface area contributed by atoms with Crippen molar-refractivity contribution in [3.8, 4) is 0 Å². The van der Waals surface area contributed by atoms with Crippen molar-refractivity contribution in [1.82, 2.24) is 4.72 Å². The molecule has 15 heavy (non-hydrogen) atoms. The molecule has 2 aliphatic rings. The van der Waals surface area contributed by atoms with Gasteiger partial charge in [0, 0.05) is 0 Å². The van der Waals surface area contributed by atoms with Crippen LogP contribution in [0.4, 0.5) is 0 Å². The van der Waals surface area contributed by atoms with Crippen LogP contribution in [0, 0.1) is 0 Å². The van der Waals surface area contributed by atoms with Gasteiger partial charge in [-0.2, -0.15) is 0 Å². The highest BCUT2D eigenvalue weighted by atomic mass is 32.2. The van der Waals surface area contributed by atoms with E-state index in [1.165, 1.54) is 0 Å². The van der Waals surface area contributed by atoms with Crippen LogP contribution in [0.2, 0.25) is 0 Å². The molecule has 0 amide bonds. The number of hydrogen-bond acceptors (Lipinski definition) is 4. The standard InChI is InChI=1S/C9H18N2O3S/c10-4-1-5-15(12,13)11-8-6-7-2-3-9(8)14-7/h7-9,11H,1-6,10H2. The molecule has 0 aromatic carbocycles. The lowest BCUT2D eigenvalue weighted by molar-refractivity contribution is 0.0996. The van der Waals surface area contributed by atoms with Gasteiger partial charge in [-0.05, 0) is 32.2 Å². The quantitative estimate of drug-likeness (QED) is 0.676. The molecule has 2 saturated heterocycles. The first-order valence-electron chi connectivity index (χ1n) is 5.46. The van der Waals surface area contributed by atoms with Gasteiger partial charge in [0.15, 0.2) is 0 Å². The molecule has 2 heterocycles. The number of rotatable bonds is 5. The second kappa shape index (κ2) is 4.37. The minimum absolute atomic E-state index is 0.00785. The maximum Gasteiger partial charge on any atom is 0.211 e. The Hall–Kier alpha value is -0.170. The van der Waals surface area contributed by atoms with E-state index in [1.807, 2.05) is 0 Å². The fraction of sp³-hybridized carbons (Fsp3) is 1.00. The summed E-state index contributed by atoms with van der Waals surface area (Å²) in [6.07, 6.45) is 3.77. The molecule has 2 aliphatic heterocycles. The summed E-state index contributed by atoms with van der Waals surface area (Å²) < 4.78 is 31.5. The molecule has 0 radical (unpaired) electrons. The first kappa shape index (κ1) is 11.3. The van der Waals surface area contributed by atoms with Crippen molar-refractivity contribution in [1.29, 1.82) is 0 Å². The minimum atomic E-state index is -3.16. The van der Waals surface area contributed by atoms with Gasteiger partial charge < -0.3 is 10.5 Å². The molecule has 0 aromatic rings. The van der Waals surface area contributed by atoms with E-state index in [0.717, 1.165) is 19.3 Å². The van der Waals surface area contributed by atoms with E-state index in [9.17, 15) is 8.42 Å². The first-order chi connectivity index (χ1) is 7.11. The minimum Gasteiger partial charge on any atom is -0.373 e. The molecule has 3 unspecified atom stereocenters. The topological polar surface area (TPSA) is 81.4 Å². The third-order valence-electron chi connectivity index (χ3n) is 3.05. The third-order valence-corrected chi connectivity index (χ3v) is 4.54. The van der Waals surface area contributed by atoms with Crippen molar-refractivity contribution in [2.45, 2.75) is 43.9 Å².